The Balaban J connectivity index is 1.24. The molecule has 1 aromatic heterocycles. The van der Waals surface area contributed by atoms with Gasteiger partial charge in [-0.05, 0) is 104 Å². The van der Waals surface area contributed by atoms with Crippen LogP contribution in [0.2, 0.25) is 0 Å². The van der Waals surface area contributed by atoms with E-state index >= 15 is 0 Å². The topological polar surface area (TPSA) is 25.9 Å². The van der Waals surface area contributed by atoms with E-state index in [4.69, 9.17) is 4.98 Å². The van der Waals surface area contributed by atoms with Gasteiger partial charge in [0.2, 0.25) is 0 Å². The maximum Gasteiger partial charge on any atom is 0.158 e. The van der Waals surface area contributed by atoms with E-state index in [0.717, 1.165) is 12.4 Å². The molecule has 4 aromatic carbocycles. The Kier molecular flexibility index (Phi) is 7.07. The summed E-state index contributed by atoms with van der Waals surface area (Å²) in [5.41, 5.74) is 12.6. The van der Waals surface area contributed by atoms with E-state index in [2.05, 4.69) is 165 Å². The van der Waals surface area contributed by atoms with Gasteiger partial charge in [0.15, 0.2) is 5.82 Å². The smallest absolute Gasteiger partial charge is 0.158 e. The van der Waals surface area contributed by atoms with Crippen molar-refractivity contribution in [2.45, 2.75) is 72.8 Å². The minimum atomic E-state index is 0.0623. The first kappa shape index (κ1) is 29.0. The largest absolute Gasteiger partial charge is 0.344 e. The van der Waals surface area contributed by atoms with Gasteiger partial charge in [0.25, 0.3) is 0 Å². The van der Waals surface area contributed by atoms with Crippen LogP contribution in [-0.2, 0) is 12.0 Å². The molecule has 2 aliphatic rings. The fraction of sp³-hybridized carbons (Fsp3) is 0.275. The number of aryl methyl sites for hydroxylation is 2. The molecule has 0 saturated heterocycles. The van der Waals surface area contributed by atoms with Crippen LogP contribution in [0.5, 0.6) is 0 Å². The monoisotopic (exact) mass is 593 g/mol. The van der Waals surface area contributed by atoms with Gasteiger partial charge in [-0.15, -0.1) is 0 Å². The van der Waals surface area contributed by atoms with Gasteiger partial charge in [-0.25, -0.2) is 4.98 Å². The predicted octanol–water partition coefficient (Wildman–Crippen LogP) is 10.1. The van der Waals surface area contributed by atoms with Gasteiger partial charge in [0.05, 0.1) is 17.1 Å². The second kappa shape index (κ2) is 11.0. The lowest BCUT2D eigenvalue weighted by molar-refractivity contribution is 0.590. The van der Waals surface area contributed by atoms with Crippen molar-refractivity contribution < 1.29 is 0 Å². The molecule has 7 rings (SSSR count). The molecule has 0 spiro atoms. The molecule has 0 N–H and O–H groups in total. The second-order valence-electron chi connectivity index (χ2n) is 13.5. The van der Waals surface area contributed by atoms with Crippen molar-refractivity contribution >= 4 is 39.9 Å². The first-order chi connectivity index (χ1) is 21.6. The SMILES string of the molecule is Cc1cc(CN2c3cccnc3N(c3ccccc3C)[C@H]2C)ccc1N1c2cc(C(C)(C)C)ccc2N(c2ccccc2)[C@@H]1C. The van der Waals surface area contributed by atoms with Crippen LogP contribution < -0.4 is 19.6 Å². The molecule has 0 fully saturated rings. The Labute approximate surface area is 268 Å². The lowest BCUT2D eigenvalue weighted by atomic mass is 9.86. The summed E-state index contributed by atoms with van der Waals surface area (Å²) in [5.74, 6) is 1.02. The van der Waals surface area contributed by atoms with Crippen molar-refractivity contribution in [3.63, 3.8) is 0 Å². The van der Waals surface area contributed by atoms with E-state index in [1.54, 1.807) is 0 Å². The lowest BCUT2D eigenvalue weighted by Crippen LogP contribution is -2.38. The van der Waals surface area contributed by atoms with Gasteiger partial charge < -0.3 is 19.6 Å². The van der Waals surface area contributed by atoms with Crippen molar-refractivity contribution in [2.75, 3.05) is 19.6 Å². The van der Waals surface area contributed by atoms with E-state index in [1.165, 1.54) is 56.4 Å². The highest BCUT2D eigenvalue weighted by molar-refractivity contribution is 5.89. The molecule has 2 atom stereocenters. The third-order valence-corrected chi connectivity index (χ3v) is 9.52. The summed E-state index contributed by atoms with van der Waals surface area (Å²) < 4.78 is 0. The molecular weight excluding hydrogens is 550 g/mol. The first-order valence-electron chi connectivity index (χ1n) is 16.1. The van der Waals surface area contributed by atoms with Crippen LogP contribution in [0.3, 0.4) is 0 Å². The van der Waals surface area contributed by atoms with E-state index in [1.807, 2.05) is 12.3 Å². The molecule has 0 radical (unpaired) electrons. The molecule has 45 heavy (non-hydrogen) atoms. The third kappa shape index (κ3) is 4.91. The number of rotatable bonds is 5. The summed E-state index contributed by atoms with van der Waals surface area (Å²) in [4.78, 5) is 14.7. The van der Waals surface area contributed by atoms with Crippen LogP contribution in [-0.4, -0.2) is 17.3 Å². The van der Waals surface area contributed by atoms with Gasteiger partial charge in [-0.1, -0.05) is 75.4 Å². The highest BCUT2D eigenvalue weighted by Crippen LogP contribution is 2.50. The van der Waals surface area contributed by atoms with Gasteiger partial charge in [-0.2, -0.15) is 0 Å². The van der Waals surface area contributed by atoms with E-state index < -0.39 is 0 Å². The minimum absolute atomic E-state index is 0.0623. The van der Waals surface area contributed by atoms with Crippen LogP contribution in [0.1, 0.15) is 56.9 Å². The molecule has 5 heteroatoms. The Bertz CT molecular complexity index is 1860. The van der Waals surface area contributed by atoms with Crippen molar-refractivity contribution in [3.8, 4) is 0 Å². The Morgan fingerprint density at radius 2 is 1.29 bits per heavy atom. The number of hydrogen-bond donors (Lipinski definition) is 0. The Morgan fingerprint density at radius 3 is 2.02 bits per heavy atom. The zero-order valence-corrected chi connectivity index (χ0v) is 27.5. The van der Waals surface area contributed by atoms with E-state index in [9.17, 15) is 0 Å². The molecule has 5 aromatic rings. The summed E-state index contributed by atoms with van der Waals surface area (Å²) in [6.07, 6.45) is 2.16. The normalized spacial score (nSPS) is 17.6. The predicted molar refractivity (Wildman–Crippen MR) is 190 cm³/mol. The second-order valence-corrected chi connectivity index (χ2v) is 13.5. The third-order valence-electron chi connectivity index (χ3n) is 9.52. The van der Waals surface area contributed by atoms with Crippen molar-refractivity contribution in [2.24, 2.45) is 0 Å². The van der Waals surface area contributed by atoms with Gasteiger partial charge >= 0.3 is 0 Å². The minimum Gasteiger partial charge on any atom is -0.344 e. The van der Waals surface area contributed by atoms with Crippen LogP contribution >= 0.6 is 0 Å². The zero-order valence-electron chi connectivity index (χ0n) is 27.5. The molecule has 0 aliphatic carbocycles. The summed E-state index contributed by atoms with van der Waals surface area (Å²) in [7, 11) is 0. The standard InChI is InChI=1S/C40H43N5/c1-27-14-11-12-17-34(27)45-29(3)42(37-18-13-23-41-39(37)45)26-31-19-21-35(28(2)24-31)44-30(4)43(33-15-9-8-10-16-33)36-22-20-32(25-38(36)44)40(5,6)7/h8-25,29-30H,26H2,1-7H3/t29-,30-/m0/s1. The summed E-state index contributed by atoms with van der Waals surface area (Å²) >= 11 is 0. The highest BCUT2D eigenvalue weighted by Gasteiger charge is 2.38. The molecular formula is C40H43N5. The van der Waals surface area contributed by atoms with Crippen LogP contribution in [0, 0.1) is 13.8 Å². The van der Waals surface area contributed by atoms with Crippen LogP contribution in [0.4, 0.5) is 39.9 Å². The average molecular weight is 594 g/mol. The van der Waals surface area contributed by atoms with Crippen molar-refractivity contribution in [3.05, 3.63) is 132 Å². The number of fused-ring (bicyclic) bond motifs is 2. The highest BCUT2D eigenvalue weighted by atomic mass is 15.4. The van der Waals surface area contributed by atoms with Gasteiger partial charge in [-0.3, -0.25) is 0 Å². The number of pyridine rings is 1. The Morgan fingerprint density at radius 1 is 0.600 bits per heavy atom. The van der Waals surface area contributed by atoms with Crippen molar-refractivity contribution in [1.82, 2.24) is 4.98 Å². The molecule has 0 saturated carbocycles. The number of anilines is 7. The number of aromatic nitrogens is 1. The molecule has 0 bridgehead atoms. The zero-order chi connectivity index (χ0) is 31.5. The van der Waals surface area contributed by atoms with Gasteiger partial charge in [0.1, 0.15) is 12.3 Å². The van der Waals surface area contributed by atoms with Crippen molar-refractivity contribution in [1.29, 1.82) is 0 Å². The Hall–Kier alpha value is -4.77. The van der Waals surface area contributed by atoms with Gasteiger partial charge in [0, 0.05) is 29.8 Å². The summed E-state index contributed by atoms with van der Waals surface area (Å²) in [5, 5.41) is 0. The molecule has 5 nitrogen and oxygen atoms in total. The molecule has 0 unspecified atom stereocenters. The maximum absolute atomic E-state index is 4.84. The molecule has 228 valence electrons. The molecule has 0 amide bonds. The first-order valence-corrected chi connectivity index (χ1v) is 16.1. The number of hydrogen-bond acceptors (Lipinski definition) is 5. The summed E-state index contributed by atoms with van der Waals surface area (Å²) in [6, 6.07) is 37.6. The molecule has 2 aliphatic heterocycles. The molecule has 3 heterocycles. The number of nitrogens with zero attached hydrogens (tertiary/aromatic N) is 5. The van der Waals surface area contributed by atoms with E-state index in [-0.39, 0.29) is 17.7 Å². The quantitative estimate of drug-likeness (QED) is 0.202. The van der Waals surface area contributed by atoms with E-state index in [0.29, 0.717) is 0 Å². The lowest BCUT2D eigenvalue weighted by Gasteiger charge is -2.32. The fourth-order valence-corrected chi connectivity index (χ4v) is 7.14. The van der Waals surface area contributed by atoms with Crippen LogP contribution in [0.25, 0.3) is 0 Å². The summed E-state index contributed by atoms with van der Waals surface area (Å²) in [6.45, 7) is 16.7. The number of para-hydroxylation sites is 2. The fourth-order valence-electron chi connectivity index (χ4n) is 7.14. The maximum atomic E-state index is 4.84. The number of benzene rings is 4. The average Bonchev–Trinajstić information content (AvgIpc) is 3.47. The van der Waals surface area contributed by atoms with Crippen LogP contribution in [0.15, 0.2) is 109 Å².